The van der Waals surface area contributed by atoms with E-state index in [1.165, 1.54) is 16.9 Å². The quantitative estimate of drug-likeness (QED) is 0.746. The number of halogens is 2. The van der Waals surface area contributed by atoms with E-state index in [2.05, 4.69) is 55.2 Å². The molecule has 1 atom stereocenters. The second-order valence-corrected chi connectivity index (χ2v) is 7.20. The maximum absolute atomic E-state index is 11.8. The third-order valence-electron chi connectivity index (χ3n) is 2.79. The molecule has 1 heterocycles. The van der Waals surface area contributed by atoms with Crippen molar-refractivity contribution in [2.45, 2.75) is 31.5 Å². The summed E-state index contributed by atoms with van der Waals surface area (Å²) in [6.07, 6.45) is 1.67. The van der Waals surface area contributed by atoms with Crippen LogP contribution in [0.5, 0.6) is 0 Å². The number of nitrogens with zero attached hydrogens (tertiary/aromatic N) is 1. The summed E-state index contributed by atoms with van der Waals surface area (Å²) in [5, 5.41) is 3.52. The molecule has 102 valence electrons. The maximum Gasteiger partial charge on any atom is 0.239 e. The molecule has 0 bridgehead atoms. The first-order valence-electron chi connectivity index (χ1n) is 6.09. The zero-order valence-corrected chi connectivity index (χ0v) is 14.7. The fourth-order valence-electron chi connectivity index (χ4n) is 1.75. The van der Waals surface area contributed by atoms with Crippen LogP contribution in [0.3, 0.4) is 0 Å². The van der Waals surface area contributed by atoms with Crippen molar-refractivity contribution in [3.05, 3.63) is 22.2 Å². The highest BCUT2D eigenvalue weighted by Gasteiger charge is 2.15. The molecular formula is C13H14Br2N2OS. The van der Waals surface area contributed by atoms with Crippen LogP contribution in [0.2, 0.25) is 0 Å². The van der Waals surface area contributed by atoms with Gasteiger partial charge in [0.25, 0.3) is 0 Å². The number of hydrogen-bond donors (Lipinski definition) is 1. The molecule has 0 saturated carbocycles. The molecule has 0 saturated heterocycles. The van der Waals surface area contributed by atoms with E-state index < -0.39 is 0 Å². The molecular weight excluding hydrogens is 392 g/mol. The Morgan fingerprint density at radius 2 is 2.21 bits per heavy atom. The van der Waals surface area contributed by atoms with Gasteiger partial charge in [0, 0.05) is 4.47 Å². The summed E-state index contributed by atoms with van der Waals surface area (Å²) in [5.74, 6) is -0.0429. The average molecular weight is 406 g/mol. The Kier molecular flexibility index (Phi) is 4.97. The van der Waals surface area contributed by atoms with Gasteiger partial charge in [0.1, 0.15) is 0 Å². The third kappa shape index (κ3) is 3.35. The smallest absolute Gasteiger partial charge is 0.239 e. The molecule has 19 heavy (non-hydrogen) atoms. The average Bonchev–Trinajstić information content (AvgIpc) is 2.78. The lowest BCUT2D eigenvalue weighted by atomic mass is 10.1. The Labute approximate surface area is 133 Å². The first-order chi connectivity index (χ1) is 9.05. The van der Waals surface area contributed by atoms with Crippen molar-refractivity contribution in [3.8, 4) is 0 Å². The monoisotopic (exact) mass is 404 g/mol. The van der Waals surface area contributed by atoms with Gasteiger partial charge in [-0.1, -0.05) is 57.0 Å². The summed E-state index contributed by atoms with van der Waals surface area (Å²) in [5.41, 5.74) is 2.17. The second-order valence-electron chi connectivity index (χ2n) is 4.15. The van der Waals surface area contributed by atoms with Crippen molar-refractivity contribution in [1.82, 2.24) is 4.98 Å². The van der Waals surface area contributed by atoms with Crippen LogP contribution in [-0.4, -0.2) is 15.7 Å². The minimum Gasteiger partial charge on any atom is -0.301 e. The summed E-state index contributed by atoms with van der Waals surface area (Å²) in [7, 11) is 0. The number of aromatic nitrogens is 1. The van der Waals surface area contributed by atoms with Gasteiger partial charge in [-0.25, -0.2) is 4.98 Å². The fraction of sp³-hybridized carbons (Fsp3) is 0.385. The van der Waals surface area contributed by atoms with Gasteiger partial charge in [-0.2, -0.15) is 0 Å². The van der Waals surface area contributed by atoms with Crippen LogP contribution in [0.15, 0.2) is 16.6 Å². The molecule has 0 fully saturated rings. The molecule has 0 aliphatic carbocycles. The molecule has 0 radical (unpaired) electrons. The molecule has 2 aromatic rings. The van der Waals surface area contributed by atoms with Crippen molar-refractivity contribution in [3.63, 3.8) is 0 Å². The first-order valence-corrected chi connectivity index (χ1v) is 8.61. The topological polar surface area (TPSA) is 42.0 Å². The fourth-order valence-corrected chi connectivity index (χ4v) is 3.48. The predicted octanol–water partition coefficient (Wildman–Crippen LogP) is 4.73. The number of carbonyl (C=O) groups is 1. The highest BCUT2D eigenvalue weighted by Crippen LogP contribution is 2.32. The normalized spacial score (nSPS) is 12.6. The lowest BCUT2D eigenvalue weighted by Gasteiger charge is -2.04. The van der Waals surface area contributed by atoms with E-state index in [1.54, 1.807) is 0 Å². The molecule has 2 rings (SSSR count). The summed E-state index contributed by atoms with van der Waals surface area (Å²) in [4.78, 5) is 16.2. The standard InChI is InChI=1S/C13H14Br2N2OS/c1-3-7-5-8(14)6-10-11(7)16-13(19-10)17-12(18)9(15)4-2/h5-6,9H,3-4H2,1-2H3,(H,16,17,18). The number of hydrogen-bond acceptors (Lipinski definition) is 3. The van der Waals surface area contributed by atoms with Gasteiger partial charge < -0.3 is 5.32 Å². The molecule has 1 aromatic heterocycles. The molecule has 1 N–H and O–H groups in total. The van der Waals surface area contributed by atoms with Crippen LogP contribution < -0.4 is 5.32 Å². The van der Waals surface area contributed by atoms with E-state index in [9.17, 15) is 4.79 Å². The van der Waals surface area contributed by atoms with Gasteiger partial charge in [0.05, 0.1) is 15.0 Å². The number of amides is 1. The van der Waals surface area contributed by atoms with Gasteiger partial charge in [-0.05, 0) is 30.5 Å². The SMILES string of the molecule is CCc1cc(Br)cc2sc(NC(=O)C(Br)CC)nc12. The Bertz CT molecular complexity index is 612. The Hall–Kier alpha value is -0.460. The van der Waals surface area contributed by atoms with Crippen LogP contribution in [0, 0.1) is 0 Å². The van der Waals surface area contributed by atoms with E-state index in [0.717, 1.165) is 27.5 Å². The van der Waals surface area contributed by atoms with Gasteiger partial charge in [-0.15, -0.1) is 0 Å². The second kappa shape index (κ2) is 6.33. The molecule has 3 nitrogen and oxygen atoms in total. The lowest BCUT2D eigenvalue weighted by Crippen LogP contribution is -2.21. The van der Waals surface area contributed by atoms with E-state index in [4.69, 9.17) is 0 Å². The molecule has 6 heteroatoms. The van der Waals surface area contributed by atoms with E-state index in [-0.39, 0.29) is 10.7 Å². The number of carbonyl (C=O) groups excluding carboxylic acids is 1. The molecule has 1 unspecified atom stereocenters. The number of nitrogens with one attached hydrogen (secondary N) is 1. The first kappa shape index (κ1) is 14.9. The number of aryl methyl sites for hydroxylation is 1. The lowest BCUT2D eigenvalue weighted by molar-refractivity contribution is -0.115. The maximum atomic E-state index is 11.8. The minimum atomic E-state index is -0.170. The van der Waals surface area contributed by atoms with Crippen molar-refractivity contribution >= 4 is 64.5 Å². The molecule has 1 aromatic carbocycles. The van der Waals surface area contributed by atoms with Crippen molar-refractivity contribution in [1.29, 1.82) is 0 Å². The summed E-state index contributed by atoms with van der Waals surface area (Å²) < 4.78 is 2.13. The van der Waals surface area contributed by atoms with Crippen molar-refractivity contribution in [2.24, 2.45) is 0 Å². The van der Waals surface area contributed by atoms with Gasteiger partial charge in [-0.3, -0.25) is 4.79 Å². The zero-order chi connectivity index (χ0) is 14.0. The number of fused-ring (bicyclic) bond motifs is 1. The van der Waals surface area contributed by atoms with Crippen LogP contribution in [0.25, 0.3) is 10.2 Å². The number of anilines is 1. The van der Waals surface area contributed by atoms with Crippen LogP contribution in [0.1, 0.15) is 25.8 Å². The highest BCUT2D eigenvalue weighted by atomic mass is 79.9. The molecule has 1 amide bonds. The van der Waals surface area contributed by atoms with Crippen molar-refractivity contribution < 1.29 is 4.79 Å². The Morgan fingerprint density at radius 1 is 1.47 bits per heavy atom. The van der Waals surface area contributed by atoms with Crippen LogP contribution >= 0.6 is 43.2 Å². The summed E-state index contributed by atoms with van der Waals surface area (Å²) in [6, 6.07) is 4.11. The van der Waals surface area contributed by atoms with E-state index >= 15 is 0 Å². The number of benzene rings is 1. The number of rotatable bonds is 4. The van der Waals surface area contributed by atoms with Crippen molar-refractivity contribution in [2.75, 3.05) is 5.32 Å². The van der Waals surface area contributed by atoms with Crippen LogP contribution in [-0.2, 0) is 11.2 Å². The zero-order valence-electron chi connectivity index (χ0n) is 10.7. The Balaban J connectivity index is 2.34. The van der Waals surface area contributed by atoms with Gasteiger partial charge in [0.15, 0.2) is 5.13 Å². The molecule has 0 aliphatic heterocycles. The minimum absolute atomic E-state index is 0.0429. The van der Waals surface area contributed by atoms with Crippen LogP contribution in [0.4, 0.5) is 5.13 Å². The number of alkyl halides is 1. The van der Waals surface area contributed by atoms with Gasteiger partial charge >= 0.3 is 0 Å². The predicted molar refractivity (Wildman–Crippen MR) is 88.3 cm³/mol. The summed E-state index contributed by atoms with van der Waals surface area (Å²) in [6.45, 7) is 4.06. The van der Waals surface area contributed by atoms with E-state index in [0.29, 0.717) is 5.13 Å². The largest absolute Gasteiger partial charge is 0.301 e. The Morgan fingerprint density at radius 3 is 2.84 bits per heavy atom. The molecule has 0 spiro atoms. The number of thiazole rings is 1. The highest BCUT2D eigenvalue weighted by molar-refractivity contribution is 9.10. The summed E-state index contributed by atoms with van der Waals surface area (Å²) >= 11 is 8.35. The van der Waals surface area contributed by atoms with E-state index in [1.807, 2.05) is 13.0 Å². The molecule has 0 aliphatic rings. The third-order valence-corrected chi connectivity index (χ3v) is 5.23. The van der Waals surface area contributed by atoms with Gasteiger partial charge in [0.2, 0.25) is 5.91 Å².